The van der Waals surface area contributed by atoms with E-state index in [1.165, 1.54) is 6.20 Å². The lowest BCUT2D eigenvalue weighted by Crippen LogP contribution is -2.21. The van der Waals surface area contributed by atoms with E-state index >= 15 is 0 Å². The molecule has 1 aromatic heterocycles. The number of nitrogens with zero attached hydrogens (tertiary/aromatic N) is 4. The molecule has 2 rings (SSSR count). The molecule has 0 atom stereocenters. The summed E-state index contributed by atoms with van der Waals surface area (Å²) in [6, 6.07) is 5.31. The zero-order valence-electron chi connectivity index (χ0n) is 12.0. The number of nitrogens with one attached hydrogen (secondary N) is 1. The number of halogens is 2. The molecule has 0 aliphatic heterocycles. The molecule has 7 heteroatoms. The maximum atomic E-state index is 6.13. The van der Waals surface area contributed by atoms with E-state index in [4.69, 9.17) is 23.2 Å². The van der Waals surface area contributed by atoms with E-state index in [1.807, 2.05) is 11.9 Å². The smallest absolute Gasteiger partial charge is 0.247 e. The number of anilines is 3. The van der Waals surface area contributed by atoms with Gasteiger partial charge in [0.1, 0.15) is 0 Å². The average Bonchev–Trinajstić information content (AvgIpc) is 2.49. The monoisotopic (exact) mass is 325 g/mol. The van der Waals surface area contributed by atoms with Gasteiger partial charge in [-0.1, -0.05) is 42.6 Å². The molecule has 0 amide bonds. The Morgan fingerprint density at radius 2 is 1.95 bits per heavy atom. The van der Waals surface area contributed by atoms with Crippen LogP contribution in [-0.4, -0.2) is 28.8 Å². The van der Waals surface area contributed by atoms with Gasteiger partial charge < -0.3 is 10.2 Å². The largest absolute Gasteiger partial charge is 0.343 e. The molecule has 0 saturated carbocycles. The summed E-state index contributed by atoms with van der Waals surface area (Å²) in [5.74, 6) is 1.12. The molecule has 0 aliphatic rings. The van der Waals surface area contributed by atoms with Crippen molar-refractivity contribution in [3.63, 3.8) is 0 Å². The minimum Gasteiger partial charge on any atom is -0.343 e. The number of rotatable bonds is 6. The summed E-state index contributed by atoms with van der Waals surface area (Å²) in [6.45, 7) is 3.03. The highest BCUT2D eigenvalue weighted by Crippen LogP contribution is 2.31. The molecule has 1 aromatic carbocycles. The number of aromatic nitrogens is 3. The SMILES string of the molecule is CCCCN(C)c1nncc(Nc2c(Cl)cccc2Cl)n1. The van der Waals surface area contributed by atoms with Crippen molar-refractivity contribution in [3.8, 4) is 0 Å². The molecule has 21 heavy (non-hydrogen) atoms. The van der Waals surface area contributed by atoms with Crippen molar-refractivity contribution in [2.45, 2.75) is 19.8 Å². The molecule has 0 radical (unpaired) electrons. The van der Waals surface area contributed by atoms with Crippen LogP contribution in [0, 0.1) is 0 Å². The lowest BCUT2D eigenvalue weighted by atomic mass is 10.3. The van der Waals surface area contributed by atoms with Gasteiger partial charge in [0.15, 0.2) is 5.82 Å². The van der Waals surface area contributed by atoms with Crippen LogP contribution in [0.2, 0.25) is 10.0 Å². The topological polar surface area (TPSA) is 53.9 Å². The lowest BCUT2D eigenvalue weighted by molar-refractivity contribution is 0.741. The fraction of sp³-hybridized carbons (Fsp3) is 0.357. The van der Waals surface area contributed by atoms with E-state index in [-0.39, 0.29) is 0 Å². The van der Waals surface area contributed by atoms with E-state index in [2.05, 4.69) is 27.4 Å². The first kappa shape index (κ1) is 15.8. The molecule has 2 aromatic rings. The van der Waals surface area contributed by atoms with Crippen LogP contribution in [0.1, 0.15) is 19.8 Å². The first-order chi connectivity index (χ1) is 10.1. The molecular weight excluding hydrogens is 309 g/mol. The van der Waals surface area contributed by atoms with Gasteiger partial charge >= 0.3 is 0 Å². The Kier molecular flexibility index (Phi) is 5.59. The average molecular weight is 326 g/mol. The second-order valence-electron chi connectivity index (χ2n) is 4.64. The van der Waals surface area contributed by atoms with Crippen LogP contribution < -0.4 is 10.2 Å². The quantitative estimate of drug-likeness (QED) is 0.864. The molecule has 112 valence electrons. The highest BCUT2D eigenvalue weighted by molar-refractivity contribution is 6.39. The highest BCUT2D eigenvalue weighted by Gasteiger charge is 2.09. The Labute approximate surface area is 134 Å². The molecule has 0 saturated heterocycles. The van der Waals surface area contributed by atoms with E-state index in [0.717, 1.165) is 19.4 Å². The van der Waals surface area contributed by atoms with Gasteiger partial charge in [-0.3, -0.25) is 0 Å². The summed E-state index contributed by atoms with van der Waals surface area (Å²) in [5, 5.41) is 12.2. The van der Waals surface area contributed by atoms with Gasteiger partial charge in [0, 0.05) is 13.6 Å². The van der Waals surface area contributed by atoms with E-state index in [1.54, 1.807) is 18.2 Å². The molecule has 0 aliphatic carbocycles. The first-order valence-corrected chi connectivity index (χ1v) is 7.49. The molecule has 1 heterocycles. The number of benzene rings is 1. The van der Waals surface area contributed by atoms with E-state index in [0.29, 0.717) is 27.5 Å². The number of hydrogen-bond acceptors (Lipinski definition) is 5. The maximum absolute atomic E-state index is 6.13. The standard InChI is InChI=1S/C14H17Cl2N5/c1-3-4-8-21(2)14-19-12(9-17-20-14)18-13-10(15)6-5-7-11(13)16/h5-7,9H,3-4,8H2,1-2H3,(H,18,19,20). The van der Waals surface area contributed by atoms with Gasteiger partial charge in [-0.15, -0.1) is 5.10 Å². The summed E-state index contributed by atoms with van der Waals surface area (Å²) in [7, 11) is 1.94. The first-order valence-electron chi connectivity index (χ1n) is 6.73. The van der Waals surface area contributed by atoms with Crippen LogP contribution in [0.4, 0.5) is 17.5 Å². The summed E-state index contributed by atoms with van der Waals surface area (Å²) < 4.78 is 0. The van der Waals surface area contributed by atoms with Crippen LogP contribution in [0.3, 0.4) is 0 Å². The zero-order chi connectivity index (χ0) is 15.2. The van der Waals surface area contributed by atoms with Crippen LogP contribution >= 0.6 is 23.2 Å². The Morgan fingerprint density at radius 3 is 2.62 bits per heavy atom. The van der Waals surface area contributed by atoms with Gasteiger partial charge in [0.2, 0.25) is 5.95 Å². The van der Waals surface area contributed by atoms with Crippen molar-refractivity contribution in [2.75, 3.05) is 23.8 Å². The molecule has 5 nitrogen and oxygen atoms in total. The Morgan fingerprint density at radius 1 is 1.24 bits per heavy atom. The number of hydrogen-bond donors (Lipinski definition) is 1. The van der Waals surface area contributed by atoms with Gasteiger partial charge in [-0.2, -0.15) is 10.1 Å². The Bertz CT molecular complexity index is 585. The molecule has 1 N–H and O–H groups in total. The predicted molar refractivity (Wildman–Crippen MR) is 87.7 cm³/mol. The third-order valence-electron chi connectivity index (χ3n) is 2.95. The number of para-hydroxylation sites is 1. The molecule has 0 unspecified atom stereocenters. The highest BCUT2D eigenvalue weighted by atomic mass is 35.5. The summed E-state index contributed by atoms with van der Waals surface area (Å²) in [4.78, 5) is 6.40. The number of unbranched alkanes of at least 4 members (excludes halogenated alkanes) is 1. The normalized spacial score (nSPS) is 10.5. The molecule has 0 bridgehead atoms. The zero-order valence-corrected chi connectivity index (χ0v) is 13.5. The van der Waals surface area contributed by atoms with Gasteiger partial charge in [-0.25, -0.2) is 0 Å². The van der Waals surface area contributed by atoms with Gasteiger partial charge in [0.25, 0.3) is 0 Å². The van der Waals surface area contributed by atoms with Crippen LogP contribution in [0.5, 0.6) is 0 Å². The Balaban J connectivity index is 2.18. The van der Waals surface area contributed by atoms with Crippen molar-refractivity contribution >= 4 is 40.7 Å². The fourth-order valence-corrected chi connectivity index (χ4v) is 2.25. The van der Waals surface area contributed by atoms with Crippen molar-refractivity contribution in [3.05, 3.63) is 34.4 Å². The van der Waals surface area contributed by atoms with Gasteiger partial charge in [-0.05, 0) is 18.6 Å². The molecule has 0 fully saturated rings. The van der Waals surface area contributed by atoms with Crippen LogP contribution in [0.25, 0.3) is 0 Å². The maximum Gasteiger partial charge on any atom is 0.247 e. The minimum atomic E-state index is 0.530. The second kappa shape index (κ2) is 7.43. The fourth-order valence-electron chi connectivity index (χ4n) is 1.76. The van der Waals surface area contributed by atoms with Crippen LogP contribution in [0.15, 0.2) is 24.4 Å². The Hall–Kier alpha value is -1.59. The lowest BCUT2D eigenvalue weighted by Gasteiger charge is -2.16. The molecular formula is C14H17Cl2N5. The van der Waals surface area contributed by atoms with Crippen molar-refractivity contribution in [2.24, 2.45) is 0 Å². The second-order valence-corrected chi connectivity index (χ2v) is 5.45. The van der Waals surface area contributed by atoms with Crippen molar-refractivity contribution < 1.29 is 0 Å². The third-order valence-corrected chi connectivity index (χ3v) is 3.58. The minimum absolute atomic E-state index is 0.530. The summed E-state index contributed by atoms with van der Waals surface area (Å²) in [6.07, 6.45) is 3.73. The van der Waals surface area contributed by atoms with E-state index < -0.39 is 0 Å². The van der Waals surface area contributed by atoms with Gasteiger partial charge in [0.05, 0.1) is 21.9 Å². The third kappa shape index (κ3) is 4.19. The summed E-state index contributed by atoms with van der Waals surface area (Å²) >= 11 is 12.3. The molecule has 0 spiro atoms. The predicted octanol–water partition coefficient (Wildman–Crippen LogP) is 4.16. The van der Waals surface area contributed by atoms with E-state index in [9.17, 15) is 0 Å². The van der Waals surface area contributed by atoms with Crippen molar-refractivity contribution in [1.29, 1.82) is 0 Å². The summed E-state index contributed by atoms with van der Waals surface area (Å²) in [5.41, 5.74) is 0.614. The van der Waals surface area contributed by atoms with Crippen molar-refractivity contribution in [1.82, 2.24) is 15.2 Å². The van der Waals surface area contributed by atoms with Crippen LogP contribution in [-0.2, 0) is 0 Å².